The number of carbonyl (C=O) groups is 3. The first kappa shape index (κ1) is 10.6. The van der Waals surface area contributed by atoms with Gasteiger partial charge in [0.15, 0.2) is 5.78 Å². The van der Waals surface area contributed by atoms with E-state index in [1.165, 1.54) is 14.0 Å². The van der Waals surface area contributed by atoms with Crippen molar-refractivity contribution in [1.82, 2.24) is 0 Å². The average molecular weight is 174 g/mol. The van der Waals surface area contributed by atoms with Gasteiger partial charge in [0.2, 0.25) is 0 Å². The van der Waals surface area contributed by atoms with E-state index in [0.717, 1.165) is 0 Å². The second-order valence-corrected chi connectivity index (χ2v) is 2.12. The molecule has 0 aliphatic carbocycles. The molecule has 0 unspecified atom stereocenters. The summed E-state index contributed by atoms with van der Waals surface area (Å²) in [6.07, 6.45) is -0.455. The fourth-order valence-electron chi connectivity index (χ4n) is 0.423. The highest BCUT2D eigenvalue weighted by molar-refractivity contribution is 5.92. The molecule has 0 N–H and O–H groups in total. The predicted molar refractivity (Wildman–Crippen MR) is 38.3 cm³/mol. The normalized spacial score (nSPS) is 8.83. The highest BCUT2D eigenvalue weighted by atomic mass is 16.5. The predicted octanol–water partition coefficient (Wildman–Crippen LogP) is -0.318. The van der Waals surface area contributed by atoms with E-state index in [-0.39, 0.29) is 12.4 Å². The minimum absolute atomic E-state index is 0.270. The fourth-order valence-corrected chi connectivity index (χ4v) is 0.423. The Kier molecular flexibility index (Phi) is 4.67. The lowest BCUT2D eigenvalue weighted by Crippen LogP contribution is -2.15. The van der Waals surface area contributed by atoms with Crippen LogP contribution in [-0.2, 0) is 23.9 Å². The highest BCUT2D eigenvalue weighted by Gasteiger charge is 2.10. The number of rotatable bonds is 4. The number of hydrogen-bond acceptors (Lipinski definition) is 5. The Balaban J connectivity index is 3.60. The quantitative estimate of drug-likeness (QED) is 0.431. The highest BCUT2D eigenvalue weighted by Crippen LogP contribution is 1.89. The number of ketones is 1. The van der Waals surface area contributed by atoms with Crippen LogP contribution in [0.2, 0.25) is 0 Å². The molecule has 0 aliphatic heterocycles. The molecule has 0 aromatic heterocycles. The van der Waals surface area contributed by atoms with Gasteiger partial charge in [-0.15, -0.1) is 0 Å². The molecule has 12 heavy (non-hydrogen) atoms. The van der Waals surface area contributed by atoms with Crippen LogP contribution in [0, 0.1) is 0 Å². The van der Waals surface area contributed by atoms with E-state index in [0.29, 0.717) is 0 Å². The molecule has 0 aromatic rings. The van der Waals surface area contributed by atoms with Crippen LogP contribution in [0.15, 0.2) is 0 Å². The van der Waals surface area contributed by atoms with Crippen molar-refractivity contribution in [3.63, 3.8) is 0 Å². The topological polar surface area (TPSA) is 69.7 Å². The standard InChI is InChI=1S/C7H10O5/c1-5(8)4-12-7(10)3-6(9)11-2/h3-4H2,1-2H3. The summed E-state index contributed by atoms with van der Waals surface area (Å²) in [5.41, 5.74) is 0. The lowest BCUT2D eigenvalue weighted by Gasteiger charge is -2.00. The number of Topliss-reactive ketones (excluding diaryl/α,β-unsaturated/α-hetero) is 1. The summed E-state index contributed by atoms with van der Waals surface area (Å²) in [7, 11) is 1.17. The summed E-state index contributed by atoms with van der Waals surface area (Å²) in [6.45, 7) is 0.987. The Hall–Kier alpha value is -1.39. The van der Waals surface area contributed by atoms with E-state index in [2.05, 4.69) is 9.47 Å². The number of carbonyl (C=O) groups excluding carboxylic acids is 3. The maximum atomic E-state index is 10.6. The Labute approximate surface area is 69.6 Å². The molecule has 5 nitrogen and oxygen atoms in total. The maximum absolute atomic E-state index is 10.6. The zero-order valence-electron chi connectivity index (χ0n) is 6.96. The van der Waals surface area contributed by atoms with Crippen LogP contribution in [0.3, 0.4) is 0 Å². The minimum atomic E-state index is -0.753. The Morgan fingerprint density at radius 3 is 2.17 bits per heavy atom. The van der Waals surface area contributed by atoms with Crippen molar-refractivity contribution in [3.05, 3.63) is 0 Å². The summed E-state index contributed by atoms with van der Waals surface area (Å²) in [5.74, 6) is -1.70. The second-order valence-electron chi connectivity index (χ2n) is 2.12. The van der Waals surface area contributed by atoms with Crippen molar-refractivity contribution < 1.29 is 23.9 Å². The molecule has 0 saturated heterocycles. The zero-order valence-corrected chi connectivity index (χ0v) is 6.96. The van der Waals surface area contributed by atoms with Crippen molar-refractivity contribution in [1.29, 1.82) is 0 Å². The summed E-state index contributed by atoms with van der Waals surface area (Å²) in [5, 5.41) is 0. The molecular weight excluding hydrogens is 164 g/mol. The molecule has 0 aromatic carbocycles. The smallest absolute Gasteiger partial charge is 0.317 e. The van der Waals surface area contributed by atoms with Gasteiger partial charge in [-0.3, -0.25) is 14.4 Å². The Morgan fingerprint density at radius 1 is 1.17 bits per heavy atom. The molecular formula is C7H10O5. The van der Waals surface area contributed by atoms with Crippen molar-refractivity contribution >= 4 is 17.7 Å². The van der Waals surface area contributed by atoms with E-state index in [9.17, 15) is 14.4 Å². The van der Waals surface area contributed by atoms with Gasteiger partial charge in [-0.25, -0.2) is 0 Å². The maximum Gasteiger partial charge on any atom is 0.317 e. The molecule has 0 saturated carbocycles. The van der Waals surface area contributed by atoms with Gasteiger partial charge in [-0.05, 0) is 6.92 Å². The molecule has 0 rings (SSSR count). The van der Waals surface area contributed by atoms with Crippen molar-refractivity contribution in [3.8, 4) is 0 Å². The van der Waals surface area contributed by atoms with Gasteiger partial charge in [0, 0.05) is 0 Å². The molecule has 0 amide bonds. The van der Waals surface area contributed by atoms with Crippen LogP contribution in [0.4, 0.5) is 0 Å². The summed E-state index contributed by atoms with van der Waals surface area (Å²) in [6, 6.07) is 0. The van der Waals surface area contributed by atoms with Gasteiger partial charge >= 0.3 is 11.9 Å². The van der Waals surface area contributed by atoms with Gasteiger partial charge in [0.1, 0.15) is 13.0 Å². The fraction of sp³-hybridized carbons (Fsp3) is 0.571. The third-order valence-corrected chi connectivity index (χ3v) is 0.953. The second kappa shape index (κ2) is 5.29. The molecule has 0 heterocycles. The third kappa shape index (κ3) is 5.40. The number of methoxy groups -OCH3 is 1. The number of esters is 2. The van der Waals surface area contributed by atoms with Crippen molar-refractivity contribution in [2.24, 2.45) is 0 Å². The number of ether oxygens (including phenoxy) is 2. The van der Waals surface area contributed by atoms with E-state index < -0.39 is 18.4 Å². The van der Waals surface area contributed by atoms with E-state index >= 15 is 0 Å². The van der Waals surface area contributed by atoms with Crippen LogP contribution in [-0.4, -0.2) is 31.4 Å². The van der Waals surface area contributed by atoms with Gasteiger partial charge in [-0.1, -0.05) is 0 Å². The van der Waals surface area contributed by atoms with Gasteiger partial charge in [-0.2, -0.15) is 0 Å². The van der Waals surface area contributed by atoms with E-state index in [4.69, 9.17) is 0 Å². The van der Waals surface area contributed by atoms with Gasteiger partial charge < -0.3 is 9.47 Å². The molecule has 68 valence electrons. The first-order valence-corrected chi connectivity index (χ1v) is 3.28. The lowest BCUT2D eigenvalue weighted by molar-refractivity contribution is -0.155. The SMILES string of the molecule is COC(=O)CC(=O)OCC(C)=O. The Morgan fingerprint density at radius 2 is 1.75 bits per heavy atom. The monoisotopic (exact) mass is 174 g/mol. The summed E-state index contributed by atoms with van der Waals surface area (Å²) in [4.78, 5) is 31.4. The molecule has 0 atom stereocenters. The van der Waals surface area contributed by atoms with Crippen molar-refractivity contribution in [2.75, 3.05) is 13.7 Å². The molecule has 0 spiro atoms. The van der Waals surface area contributed by atoms with Crippen LogP contribution in [0.5, 0.6) is 0 Å². The van der Waals surface area contributed by atoms with E-state index in [1.807, 2.05) is 0 Å². The van der Waals surface area contributed by atoms with Gasteiger partial charge in [0.05, 0.1) is 7.11 Å². The van der Waals surface area contributed by atoms with Crippen LogP contribution >= 0.6 is 0 Å². The van der Waals surface area contributed by atoms with Crippen LogP contribution in [0.1, 0.15) is 13.3 Å². The first-order valence-electron chi connectivity index (χ1n) is 3.28. The summed E-state index contributed by atoms with van der Waals surface area (Å²) < 4.78 is 8.59. The molecule has 0 bridgehead atoms. The molecule has 5 heteroatoms. The van der Waals surface area contributed by atoms with Gasteiger partial charge in [0.25, 0.3) is 0 Å². The first-order chi connectivity index (χ1) is 5.56. The van der Waals surface area contributed by atoms with Crippen molar-refractivity contribution in [2.45, 2.75) is 13.3 Å². The largest absolute Gasteiger partial charge is 0.469 e. The lowest BCUT2D eigenvalue weighted by atomic mass is 10.4. The van der Waals surface area contributed by atoms with Crippen LogP contribution < -0.4 is 0 Å². The van der Waals surface area contributed by atoms with Crippen LogP contribution in [0.25, 0.3) is 0 Å². The minimum Gasteiger partial charge on any atom is -0.469 e. The zero-order chi connectivity index (χ0) is 9.56. The molecule has 0 radical (unpaired) electrons. The van der Waals surface area contributed by atoms with E-state index in [1.54, 1.807) is 0 Å². The third-order valence-electron chi connectivity index (χ3n) is 0.953. The molecule has 0 fully saturated rings. The number of hydrogen-bond donors (Lipinski definition) is 0. The Bertz CT molecular complexity index is 196. The summed E-state index contributed by atoms with van der Waals surface area (Å²) >= 11 is 0. The average Bonchev–Trinajstić information content (AvgIpc) is 2.00. The molecule has 0 aliphatic rings.